The van der Waals surface area contributed by atoms with E-state index in [1.54, 1.807) is 0 Å². The molecule has 0 aromatic heterocycles. The lowest BCUT2D eigenvalue weighted by molar-refractivity contribution is 1.10. The molecule has 0 radical (unpaired) electrons. The minimum Gasteiger partial charge on any atom is -0.381 e. The number of aryl methyl sites for hydroxylation is 3. The Morgan fingerprint density at radius 1 is 1.05 bits per heavy atom. The maximum absolute atomic E-state index is 8.89. The fourth-order valence-electron chi connectivity index (χ4n) is 2.34. The van der Waals surface area contributed by atoms with Gasteiger partial charge in [0.05, 0.1) is 11.6 Å². The van der Waals surface area contributed by atoms with Crippen LogP contribution in [0, 0.1) is 32.1 Å². The Hall–Kier alpha value is -1.79. The zero-order valence-corrected chi connectivity index (χ0v) is 13.5. The van der Waals surface area contributed by atoms with E-state index < -0.39 is 0 Å². The van der Waals surface area contributed by atoms with Crippen molar-refractivity contribution < 1.29 is 0 Å². The molecule has 0 atom stereocenters. The minimum atomic E-state index is 0.710. The van der Waals surface area contributed by atoms with E-state index in [1.165, 1.54) is 22.4 Å². The van der Waals surface area contributed by atoms with Crippen LogP contribution in [0.2, 0.25) is 0 Å². The molecule has 2 rings (SSSR count). The predicted octanol–water partition coefficient (Wildman–Crippen LogP) is 4.86. The summed E-state index contributed by atoms with van der Waals surface area (Å²) in [7, 11) is 0. The molecule has 0 unspecified atom stereocenters. The zero-order valence-electron chi connectivity index (χ0n) is 11.9. The van der Waals surface area contributed by atoms with Crippen molar-refractivity contribution in [1.82, 2.24) is 0 Å². The van der Waals surface area contributed by atoms with Crippen molar-refractivity contribution in [1.29, 1.82) is 5.26 Å². The normalized spacial score (nSPS) is 10.2. The molecule has 0 spiro atoms. The molecule has 0 amide bonds. The van der Waals surface area contributed by atoms with Crippen molar-refractivity contribution in [3.05, 3.63) is 62.6 Å². The van der Waals surface area contributed by atoms with Crippen molar-refractivity contribution in [3.63, 3.8) is 0 Å². The number of anilines is 1. The number of hydrogen-bond acceptors (Lipinski definition) is 2. The topological polar surface area (TPSA) is 35.8 Å². The average Bonchev–Trinajstić information content (AvgIpc) is 2.39. The second kappa shape index (κ2) is 6.11. The largest absolute Gasteiger partial charge is 0.381 e. The van der Waals surface area contributed by atoms with Gasteiger partial charge in [-0.15, -0.1) is 0 Å². The van der Waals surface area contributed by atoms with E-state index in [4.69, 9.17) is 5.26 Å². The molecule has 0 aliphatic heterocycles. The molecule has 102 valence electrons. The summed E-state index contributed by atoms with van der Waals surface area (Å²) in [5, 5.41) is 12.4. The van der Waals surface area contributed by atoms with Crippen LogP contribution in [-0.2, 0) is 6.54 Å². The van der Waals surface area contributed by atoms with Crippen molar-refractivity contribution in [2.75, 3.05) is 5.32 Å². The summed E-state index contributed by atoms with van der Waals surface area (Å²) in [6.07, 6.45) is 0. The predicted molar refractivity (Wildman–Crippen MR) is 86.8 cm³/mol. The Kier molecular flexibility index (Phi) is 4.46. The maximum atomic E-state index is 8.89. The summed E-state index contributed by atoms with van der Waals surface area (Å²) >= 11 is 3.51. The van der Waals surface area contributed by atoms with Gasteiger partial charge >= 0.3 is 0 Å². The lowest BCUT2D eigenvalue weighted by Gasteiger charge is -2.14. The monoisotopic (exact) mass is 328 g/mol. The molecule has 3 heteroatoms. The molecule has 0 heterocycles. The fourth-order valence-corrected chi connectivity index (χ4v) is 3.02. The Morgan fingerprint density at radius 3 is 2.25 bits per heavy atom. The number of halogens is 1. The van der Waals surface area contributed by atoms with Gasteiger partial charge < -0.3 is 5.32 Å². The molecule has 0 fully saturated rings. The first kappa shape index (κ1) is 14.6. The molecule has 0 aliphatic carbocycles. The van der Waals surface area contributed by atoms with Crippen LogP contribution in [0.3, 0.4) is 0 Å². The Bertz CT molecular complexity index is 661. The summed E-state index contributed by atoms with van der Waals surface area (Å²) in [6.45, 7) is 7.01. The third kappa shape index (κ3) is 3.20. The van der Waals surface area contributed by atoms with Crippen LogP contribution in [0.4, 0.5) is 5.69 Å². The number of rotatable bonds is 3. The molecule has 20 heavy (non-hydrogen) atoms. The van der Waals surface area contributed by atoms with Gasteiger partial charge in [0.25, 0.3) is 0 Å². The first-order valence-corrected chi connectivity index (χ1v) is 7.31. The van der Waals surface area contributed by atoms with Crippen molar-refractivity contribution in [2.24, 2.45) is 0 Å². The van der Waals surface area contributed by atoms with Crippen LogP contribution in [0.25, 0.3) is 0 Å². The summed E-state index contributed by atoms with van der Waals surface area (Å²) in [4.78, 5) is 0. The molecular formula is C17H17BrN2. The van der Waals surface area contributed by atoms with E-state index in [1.807, 2.05) is 25.1 Å². The molecule has 0 aliphatic rings. The van der Waals surface area contributed by atoms with Gasteiger partial charge in [0.2, 0.25) is 0 Å². The SMILES string of the molecule is Cc1cc(C#N)ccc1CNc1c(C)cc(Br)cc1C. The number of nitriles is 1. The third-order valence-corrected chi connectivity index (χ3v) is 3.88. The molecule has 0 saturated carbocycles. The molecule has 0 bridgehead atoms. The maximum Gasteiger partial charge on any atom is 0.0991 e. The fraction of sp³-hybridized carbons (Fsp3) is 0.235. The highest BCUT2D eigenvalue weighted by atomic mass is 79.9. The lowest BCUT2D eigenvalue weighted by atomic mass is 10.0. The van der Waals surface area contributed by atoms with Crippen molar-refractivity contribution in [2.45, 2.75) is 27.3 Å². The highest BCUT2D eigenvalue weighted by Gasteiger charge is 2.05. The third-order valence-electron chi connectivity index (χ3n) is 3.42. The van der Waals surface area contributed by atoms with E-state index in [0.29, 0.717) is 5.56 Å². The standard InChI is InChI=1S/C17H17BrN2/c1-11-6-14(9-19)4-5-15(11)10-20-17-12(2)7-16(18)8-13(17)3/h4-8,20H,10H2,1-3H3. The zero-order chi connectivity index (χ0) is 14.7. The van der Waals surface area contributed by atoms with Gasteiger partial charge in [-0.05, 0) is 67.3 Å². The van der Waals surface area contributed by atoms with Gasteiger partial charge in [0.15, 0.2) is 0 Å². The number of nitrogens with one attached hydrogen (secondary N) is 1. The van der Waals surface area contributed by atoms with E-state index in [2.05, 4.69) is 53.3 Å². The van der Waals surface area contributed by atoms with Gasteiger partial charge in [0.1, 0.15) is 0 Å². The summed E-state index contributed by atoms with van der Waals surface area (Å²) in [5.41, 5.74) is 6.69. The van der Waals surface area contributed by atoms with Gasteiger partial charge in [-0.1, -0.05) is 22.0 Å². The number of benzene rings is 2. The van der Waals surface area contributed by atoms with Crippen LogP contribution in [0.5, 0.6) is 0 Å². The summed E-state index contributed by atoms with van der Waals surface area (Å²) < 4.78 is 1.10. The Balaban J connectivity index is 2.20. The number of hydrogen-bond donors (Lipinski definition) is 1. The van der Waals surface area contributed by atoms with E-state index >= 15 is 0 Å². The Morgan fingerprint density at radius 2 is 1.70 bits per heavy atom. The number of nitrogens with zero attached hydrogens (tertiary/aromatic N) is 1. The Labute approximate surface area is 128 Å². The lowest BCUT2D eigenvalue weighted by Crippen LogP contribution is -2.04. The smallest absolute Gasteiger partial charge is 0.0991 e. The second-order valence-corrected chi connectivity index (χ2v) is 5.94. The van der Waals surface area contributed by atoms with Gasteiger partial charge in [0, 0.05) is 16.7 Å². The van der Waals surface area contributed by atoms with E-state index in [9.17, 15) is 0 Å². The summed E-state index contributed by atoms with van der Waals surface area (Å²) in [6, 6.07) is 12.2. The van der Waals surface area contributed by atoms with Crippen LogP contribution in [-0.4, -0.2) is 0 Å². The molecular weight excluding hydrogens is 312 g/mol. The minimum absolute atomic E-state index is 0.710. The molecule has 0 saturated heterocycles. The average molecular weight is 329 g/mol. The van der Waals surface area contributed by atoms with Crippen LogP contribution in [0.1, 0.15) is 27.8 Å². The first-order chi connectivity index (χ1) is 9.51. The molecule has 2 nitrogen and oxygen atoms in total. The van der Waals surface area contributed by atoms with Gasteiger partial charge in [-0.25, -0.2) is 0 Å². The van der Waals surface area contributed by atoms with Crippen LogP contribution >= 0.6 is 15.9 Å². The van der Waals surface area contributed by atoms with Gasteiger partial charge in [-0.2, -0.15) is 5.26 Å². The summed E-state index contributed by atoms with van der Waals surface area (Å²) in [5.74, 6) is 0. The van der Waals surface area contributed by atoms with E-state index in [-0.39, 0.29) is 0 Å². The van der Waals surface area contributed by atoms with Crippen molar-refractivity contribution >= 4 is 21.6 Å². The molecule has 1 N–H and O–H groups in total. The first-order valence-electron chi connectivity index (χ1n) is 6.51. The highest BCUT2D eigenvalue weighted by molar-refractivity contribution is 9.10. The van der Waals surface area contributed by atoms with Crippen molar-refractivity contribution in [3.8, 4) is 6.07 Å². The van der Waals surface area contributed by atoms with Gasteiger partial charge in [-0.3, -0.25) is 0 Å². The van der Waals surface area contributed by atoms with E-state index in [0.717, 1.165) is 16.6 Å². The second-order valence-electron chi connectivity index (χ2n) is 5.02. The quantitative estimate of drug-likeness (QED) is 0.873. The highest BCUT2D eigenvalue weighted by Crippen LogP contribution is 2.26. The molecule has 2 aromatic carbocycles. The van der Waals surface area contributed by atoms with Crippen LogP contribution < -0.4 is 5.32 Å². The van der Waals surface area contributed by atoms with Crippen LogP contribution in [0.15, 0.2) is 34.8 Å². The molecule has 2 aromatic rings.